The highest BCUT2D eigenvalue weighted by Gasteiger charge is 1.98. The van der Waals surface area contributed by atoms with Crippen LogP contribution in [0.5, 0.6) is 5.75 Å². The third-order valence-electron chi connectivity index (χ3n) is 2.42. The van der Waals surface area contributed by atoms with Crippen molar-refractivity contribution in [2.24, 2.45) is 5.73 Å². The van der Waals surface area contributed by atoms with Gasteiger partial charge in [-0.15, -0.1) is 0 Å². The number of aromatic nitrogens is 1. The summed E-state index contributed by atoms with van der Waals surface area (Å²) in [6.07, 6.45) is 0.879. The standard InChI is InChI=1S/C13H16N2O/c1-10-3-4-11-9-12(16-8-2-7-14)5-6-13(11)15-10/h3-6,9H,2,7-8,14H2,1H3. The number of nitrogens with zero attached hydrogens (tertiary/aromatic N) is 1. The molecule has 0 unspecified atom stereocenters. The van der Waals surface area contributed by atoms with E-state index in [2.05, 4.69) is 11.1 Å². The van der Waals surface area contributed by atoms with E-state index in [9.17, 15) is 0 Å². The summed E-state index contributed by atoms with van der Waals surface area (Å²) in [5.74, 6) is 0.881. The Bertz CT molecular complexity index is 482. The van der Waals surface area contributed by atoms with Crippen LogP contribution in [0.4, 0.5) is 0 Å². The summed E-state index contributed by atoms with van der Waals surface area (Å²) in [6.45, 7) is 3.32. The van der Waals surface area contributed by atoms with Gasteiger partial charge < -0.3 is 10.5 Å². The second kappa shape index (κ2) is 4.94. The van der Waals surface area contributed by atoms with E-state index < -0.39 is 0 Å². The number of benzene rings is 1. The van der Waals surface area contributed by atoms with Crippen molar-refractivity contribution in [3.05, 3.63) is 36.0 Å². The molecule has 0 aliphatic heterocycles. The zero-order valence-electron chi connectivity index (χ0n) is 9.44. The lowest BCUT2D eigenvalue weighted by Crippen LogP contribution is -2.05. The number of aryl methyl sites for hydroxylation is 1. The van der Waals surface area contributed by atoms with Gasteiger partial charge in [-0.2, -0.15) is 0 Å². The molecule has 16 heavy (non-hydrogen) atoms. The molecular weight excluding hydrogens is 200 g/mol. The van der Waals surface area contributed by atoms with Crippen molar-refractivity contribution < 1.29 is 4.74 Å². The van der Waals surface area contributed by atoms with Crippen molar-refractivity contribution in [3.8, 4) is 5.75 Å². The molecule has 2 rings (SSSR count). The Morgan fingerprint density at radius 1 is 1.25 bits per heavy atom. The fourth-order valence-corrected chi connectivity index (χ4v) is 1.57. The number of rotatable bonds is 4. The molecule has 1 heterocycles. The van der Waals surface area contributed by atoms with Crippen LogP contribution in [0.1, 0.15) is 12.1 Å². The van der Waals surface area contributed by atoms with Crippen LogP contribution in [0.2, 0.25) is 0 Å². The van der Waals surface area contributed by atoms with Crippen LogP contribution < -0.4 is 10.5 Å². The van der Waals surface area contributed by atoms with Gasteiger partial charge in [0.1, 0.15) is 5.75 Å². The van der Waals surface area contributed by atoms with Crippen molar-refractivity contribution in [2.45, 2.75) is 13.3 Å². The summed E-state index contributed by atoms with van der Waals surface area (Å²) in [5.41, 5.74) is 7.45. The predicted molar refractivity (Wildman–Crippen MR) is 65.6 cm³/mol. The predicted octanol–water partition coefficient (Wildman–Crippen LogP) is 2.27. The zero-order valence-corrected chi connectivity index (χ0v) is 9.44. The lowest BCUT2D eigenvalue weighted by molar-refractivity contribution is 0.314. The number of nitrogens with two attached hydrogens (primary N) is 1. The van der Waals surface area contributed by atoms with Crippen LogP contribution in [0, 0.1) is 6.92 Å². The quantitative estimate of drug-likeness (QED) is 0.797. The minimum Gasteiger partial charge on any atom is -0.494 e. The van der Waals surface area contributed by atoms with Gasteiger partial charge in [-0.25, -0.2) is 0 Å². The third-order valence-corrected chi connectivity index (χ3v) is 2.42. The monoisotopic (exact) mass is 216 g/mol. The van der Waals surface area contributed by atoms with E-state index in [0.717, 1.165) is 28.8 Å². The SMILES string of the molecule is Cc1ccc2cc(OCCCN)ccc2n1. The maximum Gasteiger partial charge on any atom is 0.120 e. The van der Waals surface area contributed by atoms with E-state index >= 15 is 0 Å². The number of ether oxygens (including phenoxy) is 1. The van der Waals surface area contributed by atoms with Gasteiger partial charge in [-0.3, -0.25) is 4.98 Å². The van der Waals surface area contributed by atoms with Crippen LogP contribution in [0.25, 0.3) is 10.9 Å². The largest absolute Gasteiger partial charge is 0.494 e. The van der Waals surface area contributed by atoms with Gasteiger partial charge in [0, 0.05) is 11.1 Å². The maximum absolute atomic E-state index is 5.58. The average molecular weight is 216 g/mol. The summed E-state index contributed by atoms with van der Waals surface area (Å²) in [7, 11) is 0. The Balaban J connectivity index is 2.20. The number of hydrogen-bond acceptors (Lipinski definition) is 3. The Labute approximate surface area is 95.2 Å². The van der Waals surface area contributed by atoms with Crippen LogP contribution in [-0.2, 0) is 0 Å². The maximum atomic E-state index is 5.58. The molecule has 0 aliphatic rings. The van der Waals surface area contributed by atoms with Gasteiger partial charge in [-0.1, -0.05) is 6.07 Å². The Kier molecular flexibility index (Phi) is 3.37. The van der Waals surface area contributed by atoms with E-state index in [1.165, 1.54) is 0 Å². The molecular formula is C13H16N2O. The summed E-state index contributed by atoms with van der Waals surface area (Å²) in [5, 5.41) is 1.11. The van der Waals surface area contributed by atoms with Crippen molar-refractivity contribution in [2.75, 3.05) is 13.2 Å². The van der Waals surface area contributed by atoms with Gasteiger partial charge in [0.2, 0.25) is 0 Å². The van der Waals surface area contributed by atoms with Crippen LogP contribution >= 0.6 is 0 Å². The number of hydrogen-bond donors (Lipinski definition) is 1. The smallest absolute Gasteiger partial charge is 0.120 e. The molecule has 0 saturated heterocycles. The lowest BCUT2D eigenvalue weighted by atomic mass is 10.2. The van der Waals surface area contributed by atoms with Gasteiger partial charge in [0.05, 0.1) is 12.1 Å². The van der Waals surface area contributed by atoms with E-state index in [-0.39, 0.29) is 0 Å². The first-order chi connectivity index (χ1) is 7.79. The Hall–Kier alpha value is -1.61. The van der Waals surface area contributed by atoms with Crippen LogP contribution in [0.15, 0.2) is 30.3 Å². The van der Waals surface area contributed by atoms with Gasteiger partial charge in [-0.05, 0) is 44.2 Å². The van der Waals surface area contributed by atoms with Crippen molar-refractivity contribution in [1.82, 2.24) is 4.98 Å². The molecule has 0 saturated carbocycles. The van der Waals surface area contributed by atoms with E-state index in [1.54, 1.807) is 0 Å². The molecule has 2 aromatic rings. The molecule has 2 N–H and O–H groups in total. The molecule has 1 aromatic heterocycles. The number of pyridine rings is 1. The first-order valence-electron chi connectivity index (χ1n) is 5.50. The van der Waals surface area contributed by atoms with E-state index in [1.807, 2.05) is 31.2 Å². The molecule has 0 amide bonds. The summed E-state index contributed by atoms with van der Waals surface area (Å²) >= 11 is 0. The molecule has 0 aliphatic carbocycles. The molecule has 0 radical (unpaired) electrons. The van der Waals surface area contributed by atoms with Crippen LogP contribution in [0.3, 0.4) is 0 Å². The summed E-state index contributed by atoms with van der Waals surface area (Å²) in [6, 6.07) is 10.0. The molecule has 3 heteroatoms. The van der Waals surface area contributed by atoms with E-state index in [4.69, 9.17) is 10.5 Å². The highest BCUT2D eigenvalue weighted by Crippen LogP contribution is 2.19. The van der Waals surface area contributed by atoms with Crippen molar-refractivity contribution >= 4 is 10.9 Å². The molecule has 0 spiro atoms. The second-order valence-electron chi connectivity index (χ2n) is 3.80. The molecule has 84 valence electrons. The fourth-order valence-electron chi connectivity index (χ4n) is 1.57. The molecule has 0 atom stereocenters. The third kappa shape index (κ3) is 2.49. The molecule has 0 fully saturated rings. The topological polar surface area (TPSA) is 48.1 Å². The highest BCUT2D eigenvalue weighted by atomic mass is 16.5. The first-order valence-corrected chi connectivity index (χ1v) is 5.50. The minimum atomic E-state index is 0.661. The van der Waals surface area contributed by atoms with Gasteiger partial charge in [0.15, 0.2) is 0 Å². The molecule has 0 bridgehead atoms. The van der Waals surface area contributed by atoms with Gasteiger partial charge in [0.25, 0.3) is 0 Å². The van der Waals surface area contributed by atoms with Crippen molar-refractivity contribution in [1.29, 1.82) is 0 Å². The molecule has 1 aromatic carbocycles. The second-order valence-corrected chi connectivity index (χ2v) is 3.80. The Morgan fingerprint density at radius 2 is 2.12 bits per heavy atom. The first kappa shape index (κ1) is 10.9. The van der Waals surface area contributed by atoms with Crippen molar-refractivity contribution in [3.63, 3.8) is 0 Å². The summed E-state index contributed by atoms with van der Waals surface area (Å²) in [4.78, 5) is 4.44. The fraction of sp³-hybridized carbons (Fsp3) is 0.308. The van der Waals surface area contributed by atoms with Crippen LogP contribution in [-0.4, -0.2) is 18.1 Å². The molecule has 3 nitrogen and oxygen atoms in total. The normalized spacial score (nSPS) is 10.6. The minimum absolute atomic E-state index is 0.661. The number of fused-ring (bicyclic) bond motifs is 1. The highest BCUT2D eigenvalue weighted by molar-refractivity contribution is 5.80. The van der Waals surface area contributed by atoms with E-state index in [0.29, 0.717) is 13.2 Å². The summed E-state index contributed by atoms with van der Waals surface area (Å²) < 4.78 is 5.58. The van der Waals surface area contributed by atoms with Gasteiger partial charge >= 0.3 is 0 Å². The Morgan fingerprint density at radius 3 is 2.94 bits per heavy atom. The lowest BCUT2D eigenvalue weighted by Gasteiger charge is -2.06. The zero-order chi connectivity index (χ0) is 11.4. The average Bonchev–Trinajstić information content (AvgIpc) is 2.29.